The van der Waals surface area contributed by atoms with E-state index in [2.05, 4.69) is 52.2 Å². The fourth-order valence-electron chi connectivity index (χ4n) is 2.03. The molecule has 2 N–H and O–H groups in total. The molecule has 1 aromatic heterocycles. The predicted molar refractivity (Wildman–Crippen MR) is 73.1 cm³/mol. The van der Waals surface area contributed by atoms with Gasteiger partial charge in [-0.1, -0.05) is 12.1 Å². The second-order valence-electron chi connectivity index (χ2n) is 4.22. The second kappa shape index (κ2) is 4.60. The van der Waals surface area contributed by atoms with Crippen molar-refractivity contribution in [3.8, 4) is 0 Å². The predicted octanol–water partition coefficient (Wildman–Crippen LogP) is 3.31. The zero-order valence-electron chi connectivity index (χ0n) is 9.95. The maximum absolute atomic E-state index is 3.71. The van der Waals surface area contributed by atoms with Crippen LogP contribution in [0.25, 0.3) is 10.9 Å². The van der Waals surface area contributed by atoms with Crippen LogP contribution in [-0.4, -0.2) is 18.6 Å². The Hall–Kier alpha value is -0.800. The van der Waals surface area contributed by atoms with E-state index < -0.39 is 0 Å². The van der Waals surface area contributed by atoms with E-state index in [1.807, 2.05) is 7.05 Å². The molecule has 0 spiro atoms. The van der Waals surface area contributed by atoms with E-state index in [0.717, 1.165) is 13.0 Å². The van der Waals surface area contributed by atoms with Gasteiger partial charge in [0, 0.05) is 34.0 Å². The number of benzene rings is 1. The van der Waals surface area contributed by atoms with E-state index in [-0.39, 0.29) is 0 Å². The number of likely N-dealkylation sites (N-methyl/N-ethyl adjacent to an activating group) is 1. The maximum Gasteiger partial charge on any atom is 0.0500 e. The quantitative estimate of drug-likeness (QED) is 0.887. The van der Waals surface area contributed by atoms with Gasteiger partial charge in [0.25, 0.3) is 0 Å². The largest absolute Gasteiger partial charge is 0.357 e. The van der Waals surface area contributed by atoms with E-state index in [0.29, 0.717) is 0 Å². The SMILES string of the molecule is CNCCc1[nH]c2c(C)ccc(C)c2c1Br. The number of nitrogens with one attached hydrogen (secondary N) is 2. The Morgan fingerprint density at radius 2 is 1.94 bits per heavy atom. The zero-order valence-corrected chi connectivity index (χ0v) is 11.5. The molecule has 1 heterocycles. The van der Waals surface area contributed by atoms with Gasteiger partial charge in [0.05, 0.1) is 0 Å². The monoisotopic (exact) mass is 280 g/mol. The normalized spacial score (nSPS) is 11.2. The molecule has 0 aliphatic carbocycles. The van der Waals surface area contributed by atoms with Crippen molar-refractivity contribution >= 4 is 26.8 Å². The number of rotatable bonds is 3. The third-order valence-electron chi connectivity index (χ3n) is 3.01. The summed E-state index contributed by atoms with van der Waals surface area (Å²) < 4.78 is 1.22. The average molecular weight is 281 g/mol. The van der Waals surface area contributed by atoms with Crippen LogP contribution in [0, 0.1) is 13.8 Å². The van der Waals surface area contributed by atoms with Crippen LogP contribution >= 0.6 is 15.9 Å². The van der Waals surface area contributed by atoms with Crippen molar-refractivity contribution in [3.63, 3.8) is 0 Å². The summed E-state index contributed by atoms with van der Waals surface area (Å²) in [7, 11) is 1.98. The lowest BCUT2D eigenvalue weighted by atomic mass is 10.1. The van der Waals surface area contributed by atoms with Crippen molar-refractivity contribution in [2.45, 2.75) is 20.3 Å². The molecule has 0 fully saturated rings. The first-order chi connectivity index (χ1) is 7.65. The van der Waals surface area contributed by atoms with Gasteiger partial charge in [0.15, 0.2) is 0 Å². The summed E-state index contributed by atoms with van der Waals surface area (Å²) >= 11 is 3.71. The lowest BCUT2D eigenvalue weighted by Gasteiger charge is -1.99. The number of H-pyrrole nitrogens is 1. The van der Waals surface area contributed by atoms with Crippen LogP contribution in [0.4, 0.5) is 0 Å². The highest BCUT2D eigenvalue weighted by atomic mass is 79.9. The highest BCUT2D eigenvalue weighted by Gasteiger charge is 2.11. The van der Waals surface area contributed by atoms with Crippen molar-refractivity contribution in [2.75, 3.05) is 13.6 Å². The molecule has 0 aliphatic heterocycles. The molecular formula is C13H17BrN2. The van der Waals surface area contributed by atoms with Crippen molar-refractivity contribution < 1.29 is 0 Å². The van der Waals surface area contributed by atoms with Crippen molar-refractivity contribution in [2.24, 2.45) is 0 Å². The topological polar surface area (TPSA) is 27.8 Å². The van der Waals surface area contributed by atoms with Crippen LogP contribution in [0.1, 0.15) is 16.8 Å². The van der Waals surface area contributed by atoms with Crippen LogP contribution in [0.3, 0.4) is 0 Å². The summed E-state index contributed by atoms with van der Waals surface area (Å²) in [5.74, 6) is 0. The highest BCUT2D eigenvalue weighted by molar-refractivity contribution is 9.10. The molecule has 16 heavy (non-hydrogen) atoms. The summed E-state index contributed by atoms with van der Waals surface area (Å²) in [6, 6.07) is 4.35. The molecule has 0 saturated carbocycles. The van der Waals surface area contributed by atoms with Gasteiger partial charge in [-0.05, 0) is 48.0 Å². The summed E-state index contributed by atoms with van der Waals surface area (Å²) in [5, 5.41) is 4.50. The number of fused-ring (bicyclic) bond motifs is 1. The van der Waals surface area contributed by atoms with Gasteiger partial charge in [-0.3, -0.25) is 0 Å². The van der Waals surface area contributed by atoms with Crippen LogP contribution < -0.4 is 5.32 Å². The van der Waals surface area contributed by atoms with Crippen LogP contribution in [-0.2, 0) is 6.42 Å². The van der Waals surface area contributed by atoms with E-state index in [1.54, 1.807) is 0 Å². The van der Waals surface area contributed by atoms with Gasteiger partial charge in [-0.15, -0.1) is 0 Å². The van der Waals surface area contributed by atoms with Crippen molar-refractivity contribution in [3.05, 3.63) is 33.4 Å². The molecular weight excluding hydrogens is 264 g/mol. The first-order valence-corrected chi connectivity index (χ1v) is 6.35. The van der Waals surface area contributed by atoms with Crippen molar-refractivity contribution in [1.29, 1.82) is 0 Å². The molecule has 0 bridgehead atoms. The minimum Gasteiger partial charge on any atom is -0.357 e. The number of aromatic nitrogens is 1. The first kappa shape index (κ1) is 11.7. The van der Waals surface area contributed by atoms with E-state index in [9.17, 15) is 0 Å². The zero-order chi connectivity index (χ0) is 11.7. The standard InChI is InChI=1S/C13H17BrN2/c1-8-4-5-9(2)13-11(8)12(14)10(16-13)6-7-15-3/h4-5,15-16H,6-7H2,1-3H3. The van der Waals surface area contributed by atoms with Gasteiger partial charge in [0.2, 0.25) is 0 Å². The van der Waals surface area contributed by atoms with E-state index in [4.69, 9.17) is 0 Å². The molecule has 0 aliphatic rings. The fraction of sp³-hybridized carbons (Fsp3) is 0.385. The second-order valence-corrected chi connectivity index (χ2v) is 5.01. The lowest BCUT2D eigenvalue weighted by Crippen LogP contribution is -2.10. The summed E-state index contributed by atoms with van der Waals surface area (Å²) in [6.45, 7) is 5.29. The Balaban J connectivity index is 2.58. The van der Waals surface area contributed by atoms with Crippen molar-refractivity contribution in [1.82, 2.24) is 10.3 Å². The number of halogens is 1. The number of hydrogen-bond acceptors (Lipinski definition) is 1. The third-order valence-corrected chi connectivity index (χ3v) is 3.88. The smallest absolute Gasteiger partial charge is 0.0500 e. The Labute approximate surface area is 105 Å². The third kappa shape index (κ3) is 1.89. The van der Waals surface area contributed by atoms with E-state index >= 15 is 0 Å². The Morgan fingerprint density at radius 1 is 1.25 bits per heavy atom. The van der Waals surface area contributed by atoms with Gasteiger partial charge in [-0.2, -0.15) is 0 Å². The summed E-state index contributed by atoms with van der Waals surface area (Å²) in [4.78, 5) is 3.52. The molecule has 0 atom stereocenters. The molecule has 0 amide bonds. The molecule has 0 unspecified atom stereocenters. The van der Waals surface area contributed by atoms with Crippen LogP contribution in [0.5, 0.6) is 0 Å². The van der Waals surface area contributed by atoms with Gasteiger partial charge < -0.3 is 10.3 Å². The van der Waals surface area contributed by atoms with Gasteiger partial charge >= 0.3 is 0 Å². The summed E-state index contributed by atoms with van der Waals surface area (Å²) in [5.41, 5.74) is 5.16. The molecule has 3 heteroatoms. The molecule has 2 nitrogen and oxygen atoms in total. The average Bonchev–Trinajstić information content (AvgIpc) is 2.60. The molecule has 2 rings (SSSR count). The molecule has 86 valence electrons. The maximum atomic E-state index is 3.71. The number of hydrogen-bond donors (Lipinski definition) is 2. The Bertz CT molecular complexity index is 514. The molecule has 1 aromatic carbocycles. The van der Waals surface area contributed by atoms with Crippen LogP contribution in [0.15, 0.2) is 16.6 Å². The van der Waals surface area contributed by atoms with Gasteiger partial charge in [0.1, 0.15) is 0 Å². The highest BCUT2D eigenvalue weighted by Crippen LogP contribution is 2.32. The number of aromatic amines is 1. The van der Waals surface area contributed by atoms with E-state index in [1.165, 1.54) is 32.2 Å². The molecule has 2 aromatic rings. The molecule has 0 saturated heterocycles. The Kier molecular flexibility index (Phi) is 3.36. The lowest BCUT2D eigenvalue weighted by molar-refractivity contribution is 0.779. The van der Waals surface area contributed by atoms with Crippen LogP contribution in [0.2, 0.25) is 0 Å². The fourth-order valence-corrected chi connectivity index (χ4v) is 2.84. The Morgan fingerprint density at radius 3 is 2.56 bits per heavy atom. The van der Waals surface area contributed by atoms with Gasteiger partial charge in [-0.25, -0.2) is 0 Å². The minimum absolute atomic E-state index is 0.990. The summed E-state index contributed by atoms with van der Waals surface area (Å²) in [6.07, 6.45) is 1.02. The molecule has 0 radical (unpaired) electrons. The first-order valence-electron chi connectivity index (χ1n) is 5.56. The number of aryl methyl sites for hydroxylation is 2. The minimum atomic E-state index is 0.990.